The largest absolute Gasteiger partial charge is 0.365 e. The van der Waals surface area contributed by atoms with Crippen molar-refractivity contribution in [1.82, 2.24) is 0 Å². The fraction of sp³-hybridized carbons (Fsp3) is 0.294. The number of nitrogens with one attached hydrogen (secondary N) is 1. The van der Waals surface area contributed by atoms with Gasteiger partial charge >= 0.3 is 0 Å². The van der Waals surface area contributed by atoms with Crippen molar-refractivity contribution in [3.63, 3.8) is 0 Å². The Hall–Kier alpha value is -1.56. The fourth-order valence-electron chi connectivity index (χ4n) is 2.95. The molecule has 0 saturated heterocycles. The molecule has 2 amide bonds. The molecule has 1 aromatic heterocycles. The summed E-state index contributed by atoms with van der Waals surface area (Å²) in [5.41, 5.74) is 7.27. The number of rotatable bonds is 3. The predicted molar refractivity (Wildman–Crippen MR) is 98.4 cm³/mol. The van der Waals surface area contributed by atoms with Crippen molar-refractivity contribution in [3.8, 4) is 0 Å². The molecule has 0 fully saturated rings. The Morgan fingerprint density at radius 3 is 2.75 bits per heavy atom. The number of carbonyl (C=O) groups excluding carboxylic acids is 2. The first-order chi connectivity index (χ1) is 11.4. The second-order valence-electron chi connectivity index (χ2n) is 6.00. The number of anilines is 1. The van der Waals surface area contributed by atoms with Crippen LogP contribution < -0.4 is 11.1 Å². The van der Waals surface area contributed by atoms with Crippen LogP contribution >= 0.6 is 34.5 Å². The molecular weight excluding hydrogens is 367 g/mol. The highest BCUT2D eigenvalue weighted by Crippen LogP contribution is 2.39. The van der Waals surface area contributed by atoms with Gasteiger partial charge in [-0.25, -0.2) is 0 Å². The lowest BCUT2D eigenvalue weighted by atomic mass is 9.87. The van der Waals surface area contributed by atoms with E-state index >= 15 is 0 Å². The molecule has 1 heterocycles. The maximum Gasteiger partial charge on any atom is 0.257 e. The molecule has 2 aromatic rings. The number of benzene rings is 1. The molecule has 4 nitrogen and oxygen atoms in total. The molecule has 0 aliphatic heterocycles. The first kappa shape index (κ1) is 17.3. The number of fused-ring (bicyclic) bond motifs is 1. The van der Waals surface area contributed by atoms with Crippen molar-refractivity contribution < 1.29 is 9.59 Å². The average Bonchev–Trinajstić information content (AvgIpc) is 2.84. The number of thiophene rings is 1. The van der Waals surface area contributed by atoms with Gasteiger partial charge in [0.05, 0.1) is 16.1 Å². The van der Waals surface area contributed by atoms with E-state index in [9.17, 15) is 9.59 Å². The van der Waals surface area contributed by atoms with Crippen LogP contribution in [0.15, 0.2) is 18.2 Å². The lowest BCUT2D eigenvalue weighted by molar-refractivity contribution is 0.1000. The highest BCUT2D eigenvalue weighted by atomic mass is 35.5. The zero-order chi connectivity index (χ0) is 17.4. The van der Waals surface area contributed by atoms with Crippen molar-refractivity contribution in [1.29, 1.82) is 0 Å². The molecule has 1 atom stereocenters. The van der Waals surface area contributed by atoms with Gasteiger partial charge in [0.2, 0.25) is 0 Å². The van der Waals surface area contributed by atoms with E-state index in [0.717, 1.165) is 29.7 Å². The molecule has 0 radical (unpaired) electrons. The van der Waals surface area contributed by atoms with Crippen LogP contribution in [-0.4, -0.2) is 11.8 Å². The van der Waals surface area contributed by atoms with Gasteiger partial charge in [-0.05, 0) is 48.9 Å². The number of hydrogen-bond donors (Lipinski definition) is 2. The van der Waals surface area contributed by atoms with E-state index in [1.165, 1.54) is 17.4 Å². The molecule has 0 saturated carbocycles. The van der Waals surface area contributed by atoms with Crippen LogP contribution in [0.2, 0.25) is 10.0 Å². The Balaban J connectivity index is 1.95. The maximum absolute atomic E-state index is 12.5. The molecule has 1 aromatic carbocycles. The van der Waals surface area contributed by atoms with Crippen LogP contribution in [0.5, 0.6) is 0 Å². The van der Waals surface area contributed by atoms with Gasteiger partial charge in [-0.3, -0.25) is 9.59 Å². The number of primary amides is 1. The fourth-order valence-corrected chi connectivity index (χ4v) is 4.69. The Bertz CT molecular complexity index is 832. The number of hydrogen-bond acceptors (Lipinski definition) is 3. The number of amides is 2. The van der Waals surface area contributed by atoms with Gasteiger partial charge in [-0.15, -0.1) is 11.3 Å². The normalized spacial score (nSPS) is 16.5. The first-order valence-corrected chi connectivity index (χ1v) is 9.14. The molecule has 0 unspecified atom stereocenters. The second kappa shape index (κ2) is 6.75. The van der Waals surface area contributed by atoms with Crippen molar-refractivity contribution >= 4 is 51.4 Å². The molecule has 126 valence electrons. The molecule has 0 bridgehead atoms. The molecule has 7 heteroatoms. The minimum atomic E-state index is -0.515. The molecule has 24 heavy (non-hydrogen) atoms. The Kier molecular flexibility index (Phi) is 4.85. The third kappa shape index (κ3) is 3.29. The third-order valence-electron chi connectivity index (χ3n) is 4.16. The average molecular weight is 383 g/mol. The Labute approximate surface area is 153 Å². The number of aryl methyl sites for hydroxylation is 1. The standard InChI is InChI=1S/C17H16Cl2N2O2S/c1-8-2-5-13-11(6-8)14(15(20)22)17(24-13)21-16(23)10-4-3-9(18)7-12(10)19/h3-4,7-8H,2,5-6H2,1H3,(H2,20,22)(H,21,23)/t8-/m1/s1. The third-order valence-corrected chi connectivity index (χ3v) is 5.91. The summed E-state index contributed by atoms with van der Waals surface area (Å²) >= 11 is 13.4. The lowest BCUT2D eigenvalue weighted by Gasteiger charge is -2.18. The zero-order valence-electron chi connectivity index (χ0n) is 13.0. The summed E-state index contributed by atoms with van der Waals surface area (Å²) in [6.07, 6.45) is 2.78. The van der Waals surface area contributed by atoms with Crippen LogP contribution in [0.3, 0.4) is 0 Å². The summed E-state index contributed by atoms with van der Waals surface area (Å²) < 4.78 is 0. The maximum atomic E-state index is 12.5. The summed E-state index contributed by atoms with van der Waals surface area (Å²) in [5, 5.41) is 4.00. The van der Waals surface area contributed by atoms with Gasteiger partial charge in [-0.2, -0.15) is 0 Å². The van der Waals surface area contributed by atoms with Gasteiger partial charge in [0.25, 0.3) is 11.8 Å². The van der Waals surface area contributed by atoms with Crippen molar-refractivity contribution in [2.45, 2.75) is 26.2 Å². The summed E-state index contributed by atoms with van der Waals surface area (Å²) in [6.45, 7) is 2.15. The zero-order valence-corrected chi connectivity index (χ0v) is 15.3. The molecule has 1 aliphatic carbocycles. The minimum absolute atomic E-state index is 0.260. The number of carbonyl (C=O) groups is 2. The quantitative estimate of drug-likeness (QED) is 0.817. The summed E-state index contributed by atoms with van der Waals surface area (Å²) in [4.78, 5) is 25.6. The Morgan fingerprint density at radius 1 is 1.33 bits per heavy atom. The number of halogens is 2. The van der Waals surface area contributed by atoms with Crippen LogP contribution in [0.25, 0.3) is 0 Å². The van der Waals surface area contributed by atoms with Crippen LogP contribution in [0, 0.1) is 5.92 Å². The van der Waals surface area contributed by atoms with Crippen molar-refractivity contribution in [2.75, 3.05) is 5.32 Å². The van der Waals surface area contributed by atoms with E-state index < -0.39 is 5.91 Å². The van der Waals surface area contributed by atoms with Gasteiger partial charge < -0.3 is 11.1 Å². The topological polar surface area (TPSA) is 72.2 Å². The Morgan fingerprint density at radius 2 is 2.08 bits per heavy atom. The van der Waals surface area contributed by atoms with Gasteiger partial charge in [0.15, 0.2) is 0 Å². The van der Waals surface area contributed by atoms with Crippen molar-refractivity contribution in [3.05, 3.63) is 49.8 Å². The molecule has 0 spiro atoms. The van der Waals surface area contributed by atoms with E-state index in [2.05, 4.69) is 12.2 Å². The highest BCUT2D eigenvalue weighted by Gasteiger charge is 2.27. The monoisotopic (exact) mass is 382 g/mol. The summed E-state index contributed by atoms with van der Waals surface area (Å²) in [5.74, 6) is -0.399. The smallest absolute Gasteiger partial charge is 0.257 e. The molecule has 3 rings (SSSR count). The van der Waals surface area contributed by atoms with E-state index in [4.69, 9.17) is 28.9 Å². The SMILES string of the molecule is C[C@@H]1CCc2sc(NC(=O)c3ccc(Cl)cc3Cl)c(C(N)=O)c2C1. The predicted octanol–water partition coefficient (Wildman–Crippen LogP) is 4.53. The van der Waals surface area contributed by atoms with Crippen LogP contribution in [-0.2, 0) is 12.8 Å². The van der Waals surface area contributed by atoms with Gasteiger partial charge in [-0.1, -0.05) is 30.1 Å². The van der Waals surface area contributed by atoms with E-state index in [-0.39, 0.29) is 10.9 Å². The molecule has 3 N–H and O–H groups in total. The van der Waals surface area contributed by atoms with E-state index in [0.29, 0.717) is 27.1 Å². The second-order valence-corrected chi connectivity index (χ2v) is 7.95. The number of nitrogens with two attached hydrogens (primary N) is 1. The highest BCUT2D eigenvalue weighted by molar-refractivity contribution is 7.17. The van der Waals surface area contributed by atoms with Gasteiger partial charge in [0.1, 0.15) is 5.00 Å². The van der Waals surface area contributed by atoms with Crippen LogP contribution in [0.1, 0.15) is 44.5 Å². The first-order valence-electron chi connectivity index (χ1n) is 7.57. The summed E-state index contributed by atoms with van der Waals surface area (Å²) in [6, 6.07) is 4.66. The molecular formula is C17H16Cl2N2O2S. The lowest BCUT2D eigenvalue weighted by Crippen LogP contribution is -2.20. The summed E-state index contributed by atoms with van der Waals surface area (Å²) in [7, 11) is 0. The van der Waals surface area contributed by atoms with E-state index in [1.54, 1.807) is 12.1 Å². The van der Waals surface area contributed by atoms with Gasteiger partial charge in [0, 0.05) is 9.90 Å². The van der Waals surface area contributed by atoms with Crippen LogP contribution in [0.4, 0.5) is 5.00 Å². The van der Waals surface area contributed by atoms with E-state index in [1.807, 2.05) is 0 Å². The van der Waals surface area contributed by atoms with Crippen molar-refractivity contribution in [2.24, 2.45) is 11.7 Å². The minimum Gasteiger partial charge on any atom is -0.365 e. The molecule has 1 aliphatic rings.